The number of nitrogens with one attached hydrogen (secondary N) is 2. The largest absolute Gasteiger partial charge is 0.350 e. The Kier molecular flexibility index (Phi) is 5.67. The van der Waals surface area contributed by atoms with Gasteiger partial charge in [0.25, 0.3) is 11.6 Å². The third-order valence-electron chi connectivity index (χ3n) is 4.51. The summed E-state index contributed by atoms with van der Waals surface area (Å²) < 4.78 is 26.3. The third-order valence-corrected chi connectivity index (χ3v) is 4.51. The number of H-pyrrole nitrogens is 1. The van der Waals surface area contributed by atoms with Gasteiger partial charge in [-0.15, -0.1) is 0 Å². The van der Waals surface area contributed by atoms with E-state index in [9.17, 15) is 28.5 Å². The van der Waals surface area contributed by atoms with E-state index in [0.29, 0.717) is 23.9 Å². The molecule has 29 heavy (non-hydrogen) atoms. The number of hydrogen-bond donors (Lipinski definition) is 2. The van der Waals surface area contributed by atoms with Crippen molar-refractivity contribution in [3.8, 4) is 0 Å². The Bertz CT molecular complexity index is 1160. The van der Waals surface area contributed by atoms with E-state index >= 15 is 0 Å². The molecule has 1 aromatic heterocycles. The fourth-order valence-electron chi connectivity index (χ4n) is 3.00. The molecule has 1 amide bonds. The minimum atomic E-state index is -0.934. The molecule has 1 heterocycles. The lowest BCUT2D eigenvalue weighted by Crippen LogP contribution is -2.33. The first-order valence-corrected chi connectivity index (χ1v) is 8.81. The highest BCUT2D eigenvalue weighted by Gasteiger charge is 2.17. The number of aryl methyl sites for hydroxylation is 1. The molecule has 0 bridgehead atoms. The van der Waals surface area contributed by atoms with Crippen LogP contribution < -0.4 is 10.9 Å². The average molecular weight is 401 g/mol. The zero-order valence-electron chi connectivity index (χ0n) is 15.4. The molecule has 0 saturated carbocycles. The Morgan fingerprint density at radius 2 is 1.93 bits per heavy atom. The van der Waals surface area contributed by atoms with Crippen LogP contribution in [0, 0.1) is 21.7 Å². The minimum Gasteiger partial charge on any atom is -0.350 e. The van der Waals surface area contributed by atoms with Gasteiger partial charge in [0.15, 0.2) is 11.6 Å². The lowest BCUT2D eigenvalue weighted by atomic mass is 10.0. The van der Waals surface area contributed by atoms with Gasteiger partial charge in [0, 0.05) is 35.1 Å². The highest BCUT2D eigenvalue weighted by atomic mass is 19.2. The molecule has 2 aromatic carbocycles. The monoisotopic (exact) mass is 401 g/mol. The Labute approximate surface area is 163 Å². The van der Waals surface area contributed by atoms with Crippen LogP contribution in [0.5, 0.6) is 0 Å². The lowest BCUT2D eigenvalue weighted by Gasteiger charge is -2.15. The number of non-ortho nitro benzene ring substituents is 1. The summed E-state index contributed by atoms with van der Waals surface area (Å²) in [5.74, 6) is -2.42. The highest BCUT2D eigenvalue weighted by molar-refractivity contribution is 6.06. The Morgan fingerprint density at radius 3 is 2.62 bits per heavy atom. The van der Waals surface area contributed by atoms with E-state index in [4.69, 9.17) is 0 Å². The predicted molar refractivity (Wildman–Crippen MR) is 103 cm³/mol. The molecule has 150 valence electrons. The van der Waals surface area contributed by atoms with E-state index in [1.165, 1.54) is 24.3 Å². The molecule has 1 atom stereocenters. The summed E-state index contributed by atoms with van der Waals surface area (Å²) in [5.41, 5.74) is 0.202. The topological polar surface area (TPSA) is 105 Å². The number of pyridine rings is 1. The van der Waals surface area contributed by atoms with E-state index < -0.39 is 28.0 Å². The SMILES string of the molecule is CC(CCc1ccc(F)c(F)c1)NC(=O)c1cc(=O)[nH]c2ccc([N+](=O)[O-])cc12. The first-order chi connectivity index (χ1) is 13.7. The number of aromatic nitrogens is 1. The van der Waals surface area contributed by atoms with E-state index in [2.05, 4.69) is 10.3 Å². The van der Waals surface area contributed by atoms with Crippen molar-refractivity contribution >= 4 is 22.5 Å². The number of nitro benzene ring substituents is 1. The number of nitrogens with zero attached hydrogens (tertiary/aromatic N) is 1. The number of carbonyl (C=O) groups excluding carboxylic acids is 1. The van der Waals surface area contributed by atoms with Crippen molar-refractivity contribution in [1.29, 1.82) is 0 Å². The van der Waals surface area contributed by atoms with Gasteiger partial charge in [0.2, 0.25) is 5.56 Å². The Morgan fingerprint density at radius 1 is 1.17 bits per heavy atom. The molecule has 3 aromatic rings. The number of benzene rings is 2. The average Bonchev–Trinajstić information content (AvgIpc) is 2.67. The Hall–Kier alpha value is -3.62. The summed E-state index contributed by atoms with van der Waals surface area (Å²) in [6, 6.07) is 8.20. The lowest BCUT2D eigenvalue weighted by molar-refractivity contribution is -0.384. The van der Waals surface area contributed by atoms with E-state index in [1.54, 1.807) is 6.92 Å². The van der Waals surface area contributed by atoms with Crippen LogP contribution in [-0.4, -0.2) is 21.9 Å². The Balaban J connectivity index is 1.77. The predicted octanol–water partition coefficient (Wildman–Crippen LogP) is 3.47. The summed E-state index contributed by atoms with van der Waals surface area (Å²) >= 11 is 0. The molecule has 0 aliphatic heterocycles. The molecular weight excluding hydrogens is 384 g/mol. The molecule has 0 spiro atoms. The molecule has 1 unspecified atom stereocenters. The van der Waals surface area contributed by atoms with Crippen molar-refractivity contribution < 1.29 is 18.5 Å². The van der Waals surface area contributed by atoms with Gasteiger partial charge >= 0.3 is 0 Å². The van der Waals surface area contributed by atoms with Gasteiger partial charge in [-0.25, -0.2) is 8.78 Å². The van der Waals surface area contributed by atoms with E-state index in [-0.39, 0.29) is 22.7 Å². The number of fused-ring (bicyclic) bond motifs is 1. The van der Waals surface area contributed by atoms with E-state index in [1.807, 2.05) is 0 Å². The molecule has 9 heteroatoms. The molecule has 3 rings (SSSR count). The van der Waals surface area contributed by atoms with Gasteiger partial charge in [0.05, 0.1) is 10.5 Å². The van der Waals surface area contributed by atoms with Gasteiger partial charge in [-0.05, 0) is 43.5 Å². The summed E-state index contributed by atoms with van der Waals surface area (Å²) in [5, 5.41) is 14.0. The number of aromatic amines is 1. The molecule has 0 aliphatic rings. The normalized spacial score (nSPS) is 12.0. The number of hydrogen-bond acceptors (Lipinski definition) is 4. The second kappa shape index (κ2) is 8.17. The van der Waals surface area contributed by atoms with Gasteiger partial charge in [-0.3, -0.25) is 19.7 Å². The first kappa shape index (κ1) is 20.1. The van der Waals surface area contributed by atoms with Crippen LogP contribution in [0.15, 0.2) is 47.3 Å². The molecular formula is C20H17F2N3O4. The van der Waals surface area contributed by atoms with Crippen LogP contribution in [0.3, 0.4) is 0 Å². The molecule has 7 nitrogen and oxygen atoms in total. The van der Waals surface area contributed by atoms with Crippen molar-refractivity contribution in [1.82, 2.24) is 10.3 Å². The number of amides is 1. The maximum atomic E-state index is 13.3. The molecule has 0 saturated heterocycles. The van der Waals surface area contributed by atoms with Crippen molar-refractivity contribution in [2.75, 3.05) is 0 Å². The van der Waals surface area contributed by atoms with Crippen LogP contribution in [0.1, 0.15) is 29.3 Å². The number of nitro groups is 1. The number of halogens is 2. The summed E-state index contributed by atoms with van der Waals surface area (Å²) in [7, 11) is 0. The second-order valence-corrected chi connectivity index (χ2v) is 6.70. The zero-order valence-corrected chi connectivity index (χ0v) is 15.4. The van der Waals surface area contributed by atoms with Gasteiger partial charge in [-0.2, -0.15) is 0 Å². The van der Waals surface area contributed by atoms with Crippen molar-refractivity contribution in [3.63, 3.8) is 0 Å². The smallest absolute Gasteiger partial charge is 0.270 e. The zero-order chi connectivity index (χ0) is 21.1. The van der Waals surface area contributed by atoms with Crippen molar-refractivity contribution in [3.05, 3.63) is 85.7 Å². The molecule has 0 radical (unpaired) electrons. The van der Waals surface area contributed by atoms with Crippen LogP contribution in [0.25, 0.3) is 10.9 Å². The van der Waals surface area contributed by atoms with Crippen LogP contribution >= 0.6 is 0 Å². The number of rotatable bonds is 6. The van der Waals surface area contributed by atoms with Crippen LogP contribution in [-0.2, 0) is 6.42 Å². The van der Waals surface area contributed by atoms with Gasteiger partial charge in [-0.1, -0.05) is 6.07 Å². The standard InChI is InChI=1S/C20H17F2N3O4/c1-11(2-3-12-4-6-16(21)17(22)8-12)23-20(27)15-10-19(26)24-18-7-5-13(25(28)29)9-14(15)18/h4-11H,2-3H2,1H3,(H,23,27)(H,24,26). The van der Waals surface area contributed by atoms with Gasteiger partial charge in [0.1, 0.15) is 0 Å². The van der Waals surface area contributed by atoms with Crippen LogP contribution in [0.4, 0.5) is 14.5 Å². The fraction of sp³-hybridized carbons (Fsp3) is 0.200. The molecule has 2 N–H and O–H groups in total. The summed E-state index contributed by atoms with van der Waals surface area (Å²) in [6.07, 6.45) is 0.846. The molecule has 0 fully saturated rings. The maximum Gasteiger partial charge on any atom is 0.270 e. The maximum absolute atomic E-state index is 13.3. The van der Waals surface area contributed by atoms with Gasteiger partial charge < -0.3 is 10.3 Å². The fourth-order valence-corrected chi connectivity index (χ4v) is 3.00. The third kappa shape index (κ3) is 4.63. The second-order valence-electron chi connectivity index (χ2n) is 6.70. The summed E-state index contributed by atoms with van der Waals surface area (Å²) in [6.45, 7) is 1.73. The number of carbonyl (C=O) groups is 1. The molecule has 0 aliphatic carbocycles. The quantitative estimate of drug-likeness (QED) is 0.487. The highest BCUT2D eigenvalue weighted by Crippen LogP contribution is 2.22. The van der Waals surface area contributed by atoms with Crippen molar-refractivity contribution in [2.45, 2.75) is 25.8 Å². The van der Waals surface area contributed by atoms with Crippen LogP contribution in [0.2, 0.25) is 0 Å². The van der Waals surface area contributed by atoms with E-state index in [0.717, 1.165) is 18.2 Å². The summed E-state index contributed by atoms with van der Waals surface area (Å²) in [4.78, 5) is 37.5. The minimum absolute atomic E-state index is 0.0205. The van der Waals surface area contributed by atoms with Crippen molar-refractivity contribution in [2.24, 2.45) is 0 Å². The first-order valence-electron chi connectivity index (χ1n) is 8.81.